The van der Waals surface area contributed by atoms with Gasteiger partial charge in [-0.3, -0.25) is 4.90 Å². The Kier molecular flexibility index (Phi) is 6.45. The molecule has 0 spiro atoms. The number of rotatable bonds is 8. The van der Waals surface area contributed by atoms with E-state index >= 15 is 0 Å². The van der Waals surface area contributed by atoms with Gasteiger partial charge in [0.25, 0.3) is 0 Å². The smallest absolute Gasteiger partial charge is 0.410 e. The van der Waals surface area contributed by atoms with Gasteiger partial charge in [0.15, 0.2) is 0 Å². The molecule has 1 aliphatic rings. The number of benzene rings is 3. The lowest BCUT2D eigenvalue weighted by molar-refractivity contribution is 0.119. The highest BCUT2D eigenvalue weighted by Gasteiger charge is 2.51. The normalized spacial score (nSPS) is 18.6. The number of carbonyl (C=O) groups excluding carboxylic acids is 1. The molecule has 0 aromatic heterocycles. The summed E-state index contributed by atoms with van der Waals surface area (Å²) < 4.78 is 5.60. The first-order valence-corrected chi connectivity index (χ1v) is 10.5. The summed E-state index contributed by atoms with van der Waals surface area (Å²) in [6.07, 6.45) is 2.15. The van der Waals surface area contributed by atoms with Crippen molar-refractivity contribution in [1.82, 2.24) is 4.90 Å². The van der Waals surface area contributed by atoms with E-state index in [9.17, 15) is 4.79 Å². The number of nitrogens with zero attached hydrogens (tertiary/aromatic N) is 1. The molecule has 30 heavy (non-hydrogen) atoms. The zero-order chi connectivity index (χ0) is 20.8. The molecular formula is C26H28N2O2. The Balaban J connectivity index is 1.38. The van der Waals surface area contributed by atoms with E-state index in [0.29, 0.717) is 0 Å². The minimum atomic E-state index is -0.253. The lowest BCUT2D eigenvalue weighted by Gasteiger charge is -2.12. The summed E-state index contributed by atoms with van der Waals surface area (Å²) in [6.45, 7) is 0.289. The van der Waals surface area contributed by atoms with Gasteiger partial charge in [0.1, 0.15) is 6.61 Å². The van der Waals surface area contributed by atoms with Crippen LogP contribution in [0.5, 0.6) is 0 Å². The van der Waals surface area contributed by atoms with Gasteiger partial charge in [0, 0.05) is 6.04 Å². The molecule has 1 saturated heterocycles. The summed E-state index contributed by atoms with van der Waals surface area (Å²) in [5.41, 5.74) is 9.89. The topological polar surface area (TPSA) is 55.3 Å². The molecule has 2 N–H and O–H groups in total. The highest BCUT2D eigenvalue weighted by molar-refractivity contribution is 5.72. The molecule has 1 aliphatic heterocycles. The van der Waals surface area contributed by atoms with Crippen LogP contribution in [0.1, 0.15) is 23.1 Å². The molecule has 1 amide bonds. The fourth-order valence-electron chi connectivity index (χ4n) is 4.07. The van der Waals surface area contributed by atoms with E-state index in [1.54, 1.807) is 0 Å². The number of ether oxygens (including phenoxy) is 1. The molecule has 154 valence electrons. The van der Waals surface area contributed by atoms with Gasteiger partial charge in [-0.2, -0.15) is 0 Å². The summed E-state index contributed by atoms with van der Waals surface area (Å²) in [4.78, 5) is 14.7. The number of nitrogens with two attached hydrogens (primary N) is 1. The van der Waals surface area contributed by atoms with Crippen molar-refractivity contribution in [3.63, 3.8) is 0 Å². The minimum Gasteiger partial charge on any atom is -0.445 e. The maximum Gasteiger partial charge on any atom is 0.410 e. The van der Waals surface area contributed by atoms with Gasteiger partial charge >= 0.3 is 6.09 Å². The average molecular weight is 401 g/mol. The fraction of sp³-hybridized carbons (Fsp3) is 0.269. The molecule has 1 fully saturated rings. The van der Waals surface area contributed by atoms with Crippen molar-refractivity contribution in [3.8, 4) is 0 Å². The highest BCUT2D eigenvalue weighted by atomic mass is 16.6. The van der Waals surface area contributed by atoms with Crippen LogP contribution in [0.25, 0.3) is 0 Å². The zero-order valence-electron chi connectivity index (χ0n) is 17.1. The summed E-state index contributed by atoms with van der Waals surface area (Å²) in [5, 5.41) is 0. The lowest BCUT2D eigenvalue weighted by Crippen LogP contribution is -2.27. The first-order valence-electron chi connectivity index (χ1n) is 10.5. The van der Waals surface area contributed by atoms with Crippen LogP contribution in [0.15, 0.2) is 91.0 Å². The van der Waals surface area contributed by atoms with Crippen molar-refractivity contribution >= 4 is 6.09 Å². The van der Waals surface area contributed by atoms with Crippen molar-refractivity contribution in [2.45, 2.75) is 44.0 Å². The monoisotopic (exact) mass is 400 g/mol. The van der Waals surface area contributed by atoms with Crippen LogP contribution in [0.2, 0.25) is 0 Å². The van der Waals surface area contributed by atoms with Gasteiger partial charge in [-0.1, -0.05) is 91.0 Å². The number of hydrogen-bond acceptors (Lipinski definition) is 3. The van der Waals surface area contributed by atoms with E-state index in [1.807, 2.05) is 71.6 Å². The third-order valence-electron chi connectivity index (χ3n) is 5.66. The van der Waals surface area contributed by atoms with Crippen LogP contribution in [-0.2, 0) is 24.2 Å². The molecule has 1 heterocycles. The van der Waals surface area contributed by atoms with Crippen molar-refractivity contribution in [3.05, 3.63) is 108 Å². The molecule has 3 aromatic rings. The summed E-state index contributed by atoms with van der Waals surface area (Å²) in [5.74, 6) is 0. The first-order chi connectivity index (χ1) is 14.7. The van der Waals surface area contributed by atoms with E-state index in [4.69, 9.17) is 10.5 Å². The van der Waals surface area contributed by atoms with Crippen LogP contribution in [0, 0.1) is 0 Å². The summed E-state index contributed by atoms with van der Waals surface area (Å²) in [7, 11) is 0. The molecule has 4 heteroatoms. The molecule has 4 rings (SSSR count). The average Bonchev–Trinajstić information content (AvgIpc) is 3.45. The Morgan fingerprint density at radius 1 is 0.800 bits per heavy atom. The van der Waals surface area contributed by atoms with Crippen molar-refractivity contribution in [2.24, 2.45) is 5.73 Å². The molecule has 0 bridgehead atoms. The minimum absolute atomic E-state index is 0.00240. The first kappa shape index (κ1) is 20.2. The highest BCUT2D eigenvalue weighted by Crippen LogP contribution is 2.36. The zero-order valence-corrected chi connectivity index (χ0v) is 17.1. The van der Waals surface area contributed by atoms with E-state index in [0.717, 1.165) is 24.8 Å². The van der Waals surface area contributed by atoms with E-state index < -0.39 is 0 Å². The van der Waals surface area contributed by atoms with Gasteiger partial charge < -0.3 is 10.5 Å². The predicted molar refractivity (Wildman–Crippen MR) is 119 cm³/mol. The van der Waals surface area contributed by atoms with E-state index in [1.165, 1.54) is 11.1 Å². The van der Waals surface area contributed by atoms with Gasteiger partial charge in [0.05, 0.1) is 12.1 Å². The molecule has 3 unspecified atom stereocenters. The van der Waals surface area contributed by atoms with Gasteiger partial charge in [-0.05, 0) is 36.0 Å². The molecule has 0 saturated carbocycles. The molecule has 0 aliphatic carbocycles. The second-order valence-electron chi connectivity index (χ2n) is 7.96. The van der Waals surface area contributed by atoms with Gasteiger partial charge in [0.2, 0.25) is 0 Å². The maximum absolute atomic E-state index is 12.8. The Hall–Kier alpha value is -3.11. The van der Waals surface area contributed by atoms with Crippen LogP contribution in [-0.4, -0.2) is 29.1 Å². The SMILES string of the molecule is NC(Cc1ccccc1)CC1C(Cc2ccccc2)N1C(=O)OCc1ccccc1. The van der Waals surface area contributed by atoms with Crippen LogP contribution < -0.4 is 5.73 Å². The second kappa shape index (κ2) is 9.59. The molecule has 0 radical (unpaired) electrons. The van der Waals surface area contributed by atoms with Crippen LogP contribution >= 0.6 is 0 Å². The van der Waals surface area contributed by atoms with Crippen molar-refractivity contribution in [2.75, 3.05) is 0 Å². The predicted octanol–water partition coefficient (Wildman–Crippen LogP) is 4.58. The maximum atomic E-state index is 12.8. The molecular weight excluding hydrogens is 372 g/mol. The largest absolute Gasteiger partial charge is 0.445 e. The Bertz CT molecular complexity index is 931. The van der Waals surface area contributed by atoms with Gasteiger partial charge in [-0.15, -0.1) is 0 Å². The van der Waals surface area contributed by atoms with Crippen molar-refractivity contribution < 1.29 is 9.53 Å². The summed E-state index contributed by atoms with van der Waals surface area (Å²) >= 11 is 0. The number of hydrogen-bond donors (Lipinski definition) is 1. The number of amides is 1. The third-order valence-corrected chi connectivity index (χ3v) is 5.66. The second-order valence-corrected chi connectivity index (χ2v) is 7.96. The Morgan fingerprint density at radius 3 is 1.93 bits per heavy atom. The molecule has 4 nitrogen and oxygen atoms in total. The Labute approximate surface area is 178 Å². The number of carbonyl (C=O) groups is 1. The molecule has 3 atom stereocenters. The standard InChI is InChI=1S/C26H28N2O2/c27-23(16-20-10-4-1-5-11-20)18-25-24(17-21-12-6-2-7-13-21)28(25)26(29)30-19-22-14-8-3-9-15-22/h1-15,23-25H,16-19,27H2. The van der Waals surface area contributed by atoms with E-state index in [2.05, 4.69) is 24.3 Å². The molecule has 3 aromatic carbocycles. The fourth-order valence-corrected chi connectivity index (χ4v) is 4.07. The lowest BCUT2D eigenvalue weighted by atomic mass is 10.00. The summed E-state index contributed by atoms with van der Waals surface area (Å²) in [6, 6.07) is 30.6. The third kappa shape index (κ3) is 5.28. The quantitative estimate of drug-likeness (QED) is 0.563. The van der Waals surface area contributed by atoms with Crippen LogP contribution in [0.4, 0.5) is 4.79 Å². The van der Waals surface area contributed by atoms with E-state index in [-0.39, 0.29) is 30.8 Å². The Morgan fingerprint density at radius 2 is 1.33 bits per heavy atom. The van der Waals surface area contributed by atoms with Crippen LogP contribution in [0.3, 0.4) is 0 Å². The van der Waals surface area contributed by atoms with Gasteiger partial charge in [-0.25, -0.2) is 4.79 Å². The van der Waals surface area contributed by atoms with Crippen molar-refractivity contribution in [1.29, 1.82) is 0 Å².